The van der Waals surface area contributed by atoms with Gasteiger partial charge in [0.15, 0.2) is 0 Å². The van der Waals surface area contributed by atoms with Crippen LogP contribution in [-0.2, 0) is 67.6 Å². The molecule has 2 unspecified atom stereocenters. The zero-order chi connectivity index (χ0) is 5.41. The molecule has 0 saturated carbocycles. The van der Waals surface area contributed by atoms with Gasteiger partial charge in [-0.2, -0.15) is 13.1 Å². The number of rotatable bonds is 0. The average molecular weight is 260 g/mol. The first-order chi connectivity index (χ1) is 2.83. The minimum Gasteiger partial charge on any atom is -0.753 e. The molecule has 0 aliphatic heterocycles. The second kappa shape index (κ2) is 23.4. The minimum atomic E-state index is -0.0833. The molecule has 2 atom stereocenters. The Morgan fingerprint density at radius 1 is 1.00 bits per heavy atom. The van der Waals surface area contributed by atoms with Gasteiger partial charge in [0.05, 0.1) is 0 Å². The van der Waals surface area contributed by atoms with E-state index in [9.17, 15) is 0 Å². The van der Waals surface area contributed by atoms with Crippen LogP contribution in [0.5, 0.6) is 0 Å². The average Bonchev–Trinajstić information content (AvgIpc) is 1.39. The van der Waals surface area contributed by atoms with Gasteiger partial charge in [-0.1, -0.05) is 0 Å². The molecule has 7 heavy (non-hydrogen) atoms. The molecule has 0 aromatic heterocycles. The molecule has 0 aliphatic carbocycles. The van der Waals surface area contributed by atoms with Gasteiger partial charge in [-0.15, -0.1) is 23.6 Å². The van der Waals surface area contributed by atoms with Crippen LogP contribution < -0.4 is 0 Å². The molecule has 0 spiro atoms. The van der Waals surface area contributed by atoms with E-state index in [1.165, 1.54) is 0 Å². The Kier molecular flexibility index (Phi) is 54.6. The SMILES string of the molecule is S=[PH2][S-].S=[PH2][S-].[Zn+2]. The molecule has 0 amide bonds. The summed E-state index contributed by atoms with van der Waals surface area (Å²) in [5.74, 6) is 0. The third-order valence-corrected chi connectivity index (χ3v) is 0. The maximum Gasteiger partial charge on any atom is 2.00 e. The summed E-state index contributed by atoms with van der Waals surface area (Å²) in [6.07, 6.45) is 0. The summed E-state index contributed by atoms with van der Waals surface area (Å²) in [6, 6.07) is 0. The summed E-state index contributed by atoms with van der Waals surface area (Å²) < 4.78 is 0. The molecule has 0 heterocycles. The van der Waals surface area contributed by atoms with Gasteiger partial charge in [0.25, 0.3) is 0 Å². The largest absolute Gasteiger partial charge is 2.00 e. The molecule has 0 fully saturated rings. The van der Waals surface area contributed by atoms with Gasteiger partial charge in [0.1, 0.15) is 0 Å². The van der Waals surface area contributed by atoms with E-state index in [1.54, 1.807) is 0 Å². The molecule has 40 valence electrons. The maximum atomic E-state index is 4.29. The Hall–Kier alpha value is 2.62. The van der Waals surface area contributed by atoms with Crippen LogP contribution in [-0.4, -0.2) is 0 Å². The molecular weight excluding hydrogens is 256 g/mol. The van der Waals surface area contributed by atoms with Crippen molar-refractivity contribution in [3.8, 4) is 0 Å². The summed E-state index contributed by atoms with van der Waals surface area (Å²) >= 11 is 17.2. The van der Waals surface area contributed by atoms with Crippen molar-refractivity contribution in [2.45, 2.75) is 0 Å². The van der Waals surface area contributed by atoms with Crippen molar-refractivity contribution in [2.24, 2.45) is 0 Å². The fourth-order valence-electron chi connectivity index (χ4n) is 0. The molecule has 0 radical (unpaired) electrons. The molecule has 0 bridgehead atoms. The predicted octanol–water partition coefficient (Wildman–Crippen LogP) is 0.639. The zero-order valence-corrected chi connectivity index (χ0v) is 12.0. The van der Waals surface area contributed by atoms with Crippen molar-refractivity contribution < 1.29 is 19.5 Å². The monoisotopic (exact) mass is 258 g/mol. The summed E-state index contributed by atoms with van der Waals surface area (Å²) in [7, 11) is 0. The van der Waals surface area contributed by atoms with Crippen LogP contribution in [0.1, 0.15) is 0 Å². The van der Waals surface area contributed by atoms with Gasteiger partial charge in [-0.3, -0.25) is 0 Å². The van der Waals surface area contributed by atoms with Gasteiger partial charge in [-0.05, 0) is 0 Å². The normalized spacial score (nSPS) is 8.29. The van der Waals surface area contributed by atoms with Crippen LogP contribution in [0.15, 0.2) is 0 Å². The second-order valence-electron chi connectivity index (χ2n) is 0.192. The van der Waals surface area contributed by atoms with Crippen LogP contribution in [0.2, 0.25) is 0 Å². The molecular formula is H4P2S4Zn. The number of hydrogen-bond acceptors (Lipinski definition) is 4. The Morgan fingerprint density at radius 3 is 1.00 bits per heavy atom. The van der Waals surface area contributed by atoms with E-state index in [0.29, 0.717) is 0 Å². The molecule has 0 aliphatic rings. The molecule has 0 N–H and O–H groups in total. The molecule has 0 aromatic carbocycles. The van der Waals surface area contributed by atoms with E-state index in [1.807, 2.05) is 0 Å². The smallest absolute Gasteiger partial charge is 0.753 e. The van der Waals surface area contributed by atoms with Crippen molar-refractivity contribution in [3.05, 3.63) is 0 Å². The van der Waals surface area contributed by atoms with E-state index in [4.69, 9.17) is 0 Å². The van der Waals surface area contributed by atoms with Gasteiger partial charge in [0.2, 0.25) is 0 Å². The quantitative estimate of drug-likeness (QED) is 0.356. The Bertz CT molecular complexity index is 30.7. The molecule has 0 aromatic rings. The summed E-state index contributed by atoms with van der Waals surface area (Å²) in [5.41, 5.74) is 0. The summed E-state index contributed by atoms with van der Waals surface area (Å²) in [5, 5.41) is 0. The van der Waals surface area contributed by atoms with Crippen LogP contribution in [0.3, 0.4) is 0 Å². The third kappa shape index (κ3) is 55.0. The second-order valence-corrected chi connectivity index (χ2v) is 5.20. The van der Waals surface area contributed by atoms with Crippen molar-refractivity contribution in [1.29, 1.82) is 0 Å². The van der Waals surface area contributed by atoms with Gasteiger partial charge >= 0.3 is 19.5 Å². The van der Waals surface area contributed by atoms with Crippen LogP contribution in [0.25, 0.3) is 0 Å². The van der Waals surface area contributed by atoms with E-state index < -0.39 is 0 Å². The van der Waals surface area contributed by atoms with Gasteiger partial charge in [0, 0.05) is 0 Å². The third-order valence-electron chi connectivity index (χ3n) is 0. The van der Waals surface area contributed by atoms with Crippen molar-refractivity contribution >= 4 is 61.2 Å². The maximum absolute atomic E-state index is 4.29. The van der Waals surface area contributed by atoms with E-state index in [0.717, 1.165) is 0 Å². The first kappa shape index (κ1) is 16.3. The van der Waals surface area contributed by atoms with Crippen molar-refractivity contribution in [3.63, 3.8) is 0 Å². The first-order valence-electron chi connectivity index (χ1n) is 0.943. The minimum absolute atomic E-state index is 0. The molecule has 0 rings (SSSR count). The Morgan fingerprint density at radius 2 is 1.00 bits per heavy atom. The Labute approximate surface area is 80.0 Å². The zero-order valence-electron chi connectivity index (χ0n) is 3.49. The van der Waals surface area contributed by atoms with E-state index in [-0.39, 0.29) is 32.6 Å². The summed E-state index contributed by atoms with van der Waals surface area (Å²) in [4.78, 5) is 0. The Balaban J connectivity index is -0.0000000400. The molecule has 0 saturated heterocycles. The standard InChI is InChI=1S/2H3PS2.Zn/c2*2-1-3;/h2*1H2,(H,2,3);/q;;+2/p-2. The van der Waals surface area contributed by atoms with Gasteiger partial charge < -0.3 is 24.5 Å². The van der Waals surface area contributed by atoms with Crippen LogP contribution >= 0.6 is 13.1 Å². The van der Waals surface area contributed by atoms with Gasteiger partial charge in [-0.25, -0.2) is 0 Å². The fraction of sp³-hybridized carbons (Fsp3) is 0. The van der Waals surface area contributed by atoms with Crippen molar-refractivity contribution in [2.75, 3.05) is 0 Å². The van der Waals surface area contributed by atoms with Crippen LogP contribution in [0, 0.1) is 0 Å². The van der Waals surface area contributed by atoms with Crippen LogP contribution in [0.4, 0.5) is 0 Å². The fourth-order valence-corrected chi connectivity index (χ4v) is 0. The topological polar surface area (TPSA) is 0 Å². The summed E-state index contributed by atoms with van der Waals surface area (Å²) in [6.45, 7) is -0.167. The van der Waals surface area contributed by atoms with E-state index >= 15 is 0 Å². The van der Waals surface area contributed by atoms with E-state index in [2.05, 4.69) is 48.1 Å². The molecule has 0 nitrogen and oxygen atoms in total. The number of hydrogen-bond donors (Lipinski definition) is 0. The predicted molar refractivity (Wildman–Crippen MR) is 48.9 cm³/mol. The first-order valence-corrected chi connectivity index (χ1v) is 8.49. The molecule has 7 heteroatoms. The van der Waals surface area contributed by atoms with Crippen molar-refractivity contribution in [1.82, 2.24) is 0 Å².